The summed E-state index contributed by atoms with van der Waals surface area (Å²) in [4.78, 5) is 33.8. The minimum atomic E-state index is -0.707. The quantitative estimate of drug-likeness (QED) is 0.457. The van der Waals surface area contributed by atoms with Gasteiger partial charge in [-0.15, -0.1) is 11.3 Å². The van der Waals surface area contributed by atoms with Gasteiger partial charge in [-0.1, -0.05) is 18.2 Å². The van der Waals surface area contributed by atoms with Gasteiger partial charge in [-0.25, -0.2) is 23.6 Å². The van der Waals surface area contributed by atoms with Gasteiger partial charge in [-0.3, -0.25) is 9.69 Å². The zero-order valence-electron chi connectivity index (χ0n) is 15.5. The van der Waals surface area contributed by atoms with Gasteiger partial charge < -0.3 is 4.74 Å². The first kappa shape index (κ1) is 19.6. The Balaban J connectivity index is 1.65. The molecule has 0 N–H and O–H groups in total. The van der Waals surface area contributed by atoms with Crippen LogP contribution in [0.15, 0.2) is 64.6 Å². The van der Waals surface area contributed by atoms with Crippen molar-refractivity contribution in [1.29, 1.82) is 0 Å². The van der Waals surface area contributed by atoms with E-state index in [9.17, 15) is 18.4 Å². The van der Waals surface area contributed by atoms with E-state index in [1.807, 2.05) is 0 Å². The summed E-state index contributed by atoms with van der Waals surface area (Å²) in [6.45, 7) is 1.30. The maximum atomic E-state index is 14.2. The normalized spacial score (nSPS) is 14.6. The Hall–Kier alpha value is -3.72. The highest BCUT2D eigenvalue weighted by Gasteiger charge is 2.25. The van der Waals surface area contributed by atoms with Crippen LogP contribution in [0.4, 0.5) is 19.6 Å². The number of amides is 1. The van der Waals surface area contributed by atoms with Crippen molar-refractivity contribution in [3.05, 3.63) is 82.5 Å². The van der Waals surface area contributed by atoms with E-state index in [2.05, 4.69) is 9.98 Å². The highest BCUT2D eigenvalue weighted by Crippen LogP contribution is 2.31. The van der Waals surface area contributed by atoms with Crippen LogP contribution in [0.25, 0.3) is 6.08 Å². The lowest BCUT2D eigenvalue weighted by molar-refractivity contribution is -0.130. The Morgan fingerprint density at radius 2 is 1.97 bits per heavy atom. The summed E-state index contributed by atoms with van der Waals surface area (Å²) in [5, 5.41) is 1.84. The number of para-hydroxylation sites is 1. The van der Waals surface area contributed by atoms with Crippen molar-refractivity contribution in [3.8, 4) is 0 Å². The number of ether oxygens (including phenoxy) is 1. The third-order valence-corrected chi connectivity index (χ3v) is 4.93. The number of halogens is 2. The van der Waals surface area contributed by atoms with Crippen LogP contribution in [0.3, 0.4) is 0 Å². The van der Waals surface area contributed by atoms with Crippen LogP contribution in [-0.2, 0) is 14.3 Å². The molecule has 2 heterocycles. The maximum Gasteiger partial charge on any atom is 0.363 e. The number of thiazole rings is 1. The SMILES string of the molecule is CC(=O)N(c1nc(C=C2N=C(c3cccc(F)c3)OC2=O)cs1)c1ccccc1F. The summed E-state index contributed by atoms with van der Waals surface area (Å²) in [6.07, 6.45) is 1.38. The number of carbonyl (C=O) groups excluding carboxylic acids is 2. The minimum Gasteiger partial charge on any atom is -0.402 e. The molecule has 1 aromatic heterocycles. The summed E-state index contributed by atoms with van der Waals surface area (Å²) in [5.74, 6) is -2.18. The summed E-state index contributed by atoms with van der Waals surface area (Å²) in [6, 6.07) is 11.4. The number of carbonyl (C=O) groups is 2. The first-order chi connectivity index (χ1) is 14.4. The third kappa shape index (κ3) is 3.87. The molecule has 0 bridgehead atoms. The lowest BCUT2D eigenvalue weighted by Gasteiger charge is -2.18. The number of aliphatic imine (C=N–C) groups is 1. The first-order valence-electron chi connectivity index (χ1n) is 8.71. The Labute approximate surface area is 173 Å². The number of aromatic nitrogens is 1. The van der Waals surface area contributed by atoms with Crippen molar-refractivity contribution in [3.63, 3.8) is 0 Å². The minimum absolute atomic E-state index is 0.0158. The molecule has 3 aromatic rings. The van der Waals surface area contributed by atoms with Gasteiger partial charge in [0.05, 0.1) is 11.4 Å². The summed E-state index contributed by atoms with van der Waals surface area (Å²) >= 11 is 1.11. The zero-order valence-corrected chi connectivity index (χ0v) is 16.3. The molecule has 1 amide bonds. The van der Waals surface area contributed by atoms with Crippen LogP contribution >= 0.6 is 11.3 Å². The van der Waals surface area contributed by atoms with E-state index in [0.717, 1.165) is 16.2 Å². The van der Waals surface area contributed by atoms with E-state index in [4.69, 9.17) is 4.74 Å². The molecule has 2 aromatic carbocycles. The van der Waals surface area contributed by atoms with Crippen LogP contribution < -0.4 is 4.90 Å². The molecule has 0 aliphatic carbocycles. The van der Waals surface area contributed by atoms with Crippen LogP contribution in [0, 0.1) is 11.6 Å². The van der Waals surface area contributed by atoms with Gasteiger partial charge in [0, 0.05) is 17.9 Å². The number of nitrogens with zero attached hydrogens (tertiary/aromatic N) is 3. The van der Waals surface area contributed by atoms with E-state index >= 15 is 0 Å². The predicted molar refractivity (Wildman–Crippen MR) is 108 cm³/mol. The summed E-state index contributed by atoms with van der Waals surface area (Å²) < 4.78 is 32.7. The lowest BCUT2D eigenvalue weighted by atomic mass is 10.2. The second-order valence-corrected chi connectivity index (χ2v) is 7.04. The zero-order chi connectivity index (χ0) is 21.3. The molecule has 6 nitrogen and oxygen atoms in total. The average Bonchev–Trinajstić information content (AvgIpc) is 3.31. The van der Waals surface area contributed by atoms with E-state index < -0.39 is 23.5 Å². The van der Waals surface area contributed by atoms with Gasteiger partial charge in [0.25, 0.3) is 0 Å². The van der Waals surface area contributed by atoms with Gasteiger partial charge in [-0.2, -0.15) is 0 Å². The van der Waals surface area contributed by atoms with Gasteiger partial charge >= 0.3 is 5.97 Å². The fraction of sp³-hybridized carbons (Fsp3) is 0.0476. The summed E-state index contributed by atoms with van der Waals surface area (Å²) in [7, 11) is 0. The van der Waals surface area contributed by atoms with Crippen LogP contribution in [0.5, 0.6) is 0 Å². The molecule has 0 atom stereocenters. The molecule has 0 radical (unpaired) electrons. The summed E-state index contributed by atoms with van der Waals surface area (Å²) in [5.41, 5.74) is 0.721. The van der Waals surface area contributed by atoms with E-state index in [0.29, 0.717) is 11.3 Å². The topological polar surface area (TPSA) is 71.9 Å². The average molecular weight is 425 g/mol. The van der Waals surface area contributed by atoms with Crippen molar-refractivity contribution >= 4 is 46.0 Å². The molecular formula is C21H13F2N3O3S. The van der Waals surface area contributed by atoms with Gasteiger partial charge in [-0.05, 0) is 36.4 Å². The molecule has 0 fully saturated rings. The van der Waals surface area contributed by atoms with Gasteiger partial charge in [0.15, 0.2) is 10.8 Å². The largest absolute Gasteiger partial charge is 0.402 e. The van der Waals surface area contributed by atoms with Gasteiger partial charge in [0.2, 0.25) is 11.8 Å². The van der Waals surface area contributed by atoms with Crippen molar-refractivity contribution < 1.29 is 23.1 Å². The smallest absolute Gasteiger partial charge is 0.363 e. The fourth-order valence-corrected chi connectivity index (χ4v) is 3.62. The molecule has 0 saturated carbocycles. The standard InChI is InChI=1S/C21H13F2N3O3S/c1-12(27)26(18-8-3-2-7-16(18)23)21-24-15(11-30-21)10-17-20(28)29-19(25-17)13-5-4-6-14(22)9-13/h2-11H,1H3. The number of esters is 1. The Morgan fingerprint density at radius 3 is 2.70 bits per heavy atom. The molecule has 30 heavy (non-hydrogen) atoms. The molecule has 0 saturated heterocycles. The van der Waals surface area contributed by atoms with Crippen molar-refractivity contribution in [2.75, 3.05) is 4.90 Å². The molecule has 0 spiro atoms. The monoisotopic (exact) mass is 425 g/mol. The molecule has 9 heteroatoms. The highest BCUT2D eigenvalue weighted by molar-refractivity contribution is 7.14. The number of anilines is 2. The van der Waals surface area contributed by atoms with E-state index in [1.54, 1.807) is 17.5 Å². The van der Waals surface area contributed by atoms with Crippen LogP contribution in [0.2, 0.25) is 0 Å². The molecule has 1 aliphatic heterocycles. The van der Waals surface area contributed by atoms with Crippen LogP contribution in [-0.4, -0.2) is 22.8 Å². The first-order valence-corrected chi connectivity index (χ1v) is 9.59. The molecular weight excluding hydrogens is 412 g/mol. The fourth-order valence-electron chi connectivity index (χ4n) is 2.78. The number of rotatable bonds is 4. The Morgan fingerprint density at radius 1 is 1.17 bits per heavy atom. The Bertz CT molecular complexity index is 1220. The predicted octanol–water partition coefficient (Wildman–Crippen LogP) is 4.45. The Kier molecular flexibility index (Phi) is 5.20. The van der Waals surface area contributed by atoms with E-state index in [1.165, 1.54) is 49.4 Å². The number of hydrogen-bond acceptors (Lipinski definition) is 6. The molecule has 4 rings (SSSR count). The molecule has 1 aliphatic rings. The second kappa shape index (κ2) is 7.96. The van der Waals surface area contributed by atoms with Gasteiger partial charge in [0.1, 0.15) is 11.6 Å². The van der Waals surface area contributed by atoms with E-state index in [-0.39, 0.29) is 22.4 Å². The van der Waals surface area contributed by atoms with Crippen molar-refractivity contribution in [2.45, 2.75) is 6.92 Å². The van der Waals surface area contributed by atoms with Crippen molar-refractivity contribution in [2.24, 2.45) is 4.99 Å². The van der Waals surface area contributed by atoms with Crippen molar-refractivity contribution in [1.82, 2.24) is 4.98 Å². The second-order valence-electron chi connectivity index (χ2n) is 6.21. The maximum absolute atomic E-state index is 14.2. The molecule has 0 unspecified atom stereocenters. The van der Waals surface area contributed by atoms with Crippen LogP contribution in [0.1, 0.15) is 18.2 Å². The third-order valence-electron chi connectivity index (χ3n) is 4.09. The number of cyclic esters (lactones) is 1. The number of benzene rings is 2. The highest BCUT2D eigenvalue weighted by atomic mass is 32.1. The molecule has 150 valence electrons. The lowest BCUT2D eigenvalue weighted by Crippen LogP contribution is -2.23. The number of hydrogen-bond donors (Lipinski definition) is 0.